The van der Waals surface area contributed by atoms with E-state index in [1.165, 1.54) is 4.57 Å². The van der Waals surface area contributed by atoms with E-state index in [0.29, 0.717) is 16.7 Å². The molecule has 0 aromatic carbocycles. The fourth-order valence-corrected chi connectivity index (χ4v) is 3.99. The number of aromatic hydroxyl groups is 2. The lowest BCUT2D eigenvalue weighted by Gasteiger charge is -2.24. The quantitative estimate of drug-likeness (QED) is 0.268. The fourth-order valence-electron chi connectivity index (χ4n) is 3.37. The molecule has 0 radical (unpaired) electrons. The highest BCUT2D eigenvalue weighted by Gasteiger charge is 2.53. The average molecular weight is 384 g/mol. The smallest absolute Gasteiger partial charge is 0.325 e. The number of aromatic nitrogens is 1. The van der Waals surface area contributed by atoms with Gasteiger partial charge >= 0.3 is 7.60 Å². The number of carbonyl (C=O) groups is 1. The maximum atomic E-state index is 11.5. The van der Waals surface area contributed by atoms with Crippen molar-refractivity contribution < 1.29 is 34.1 Å². The number of rotatable bonds is 7. The predicted octanol–water partition coefficient (Wildman–Crippen LogP) is 0.996. The molecule has 1 aromatic rings. The largest absolute Gasteiger partial charge is 0.494 e. The van der Waals surface area contributed by atoms with Gasteiger partial charge in [-0.15, -0.1) is 0 Å². The Kier molecular flexibility index (Phi) is 4.52. The SMILES string of the molecule is C=C(C)C(=O)NCCn1c(O)c2c(c1O)C1(CCP(=O)(O)O)C=CC2O1. The van der Waals surface area contributed by atoms with Crippen LogP contribution >= 0.6 is 7.60 Å². The van der Waals surface area contributed by atoms with E-state index in [1.807, 2.05) is 0 Å². The number of nitrogens with zero attached hydrogens (tertiary/aromatic N) is 1. The first-order valence-electron chi connectivity index (χ1n) is 8.06. The van der Waals surface area contributed by atoms with Crippen molar-refractivity contribution in [1.82, 2.24) is 9.88 Å². The maximum absolute atomic E-state index is 11.5. The zero-order chi connectivity index (χ0) is 19.3. The van der Waals surface area contributed by atoms with Crippen LogP contribution in [0.1, 0.15) is 30.6 Å². The average Bonchev–Trinajstić information content (AvgIpc) is 3.18. The van der Waals surface area contributed by atoms with E-state index in [0.717, 1.165) is 0 Å². The lowest BCUT2D eigenvalue weighted by Crippen LogP contribution is -2.27. The summed E-state index contributed by atoms with van der Waals surface area (Å²) in [5.74, 6) is -0.749. The molecule has 0 spiro atoms. The van der Waals surface area contributed by atoms with Crippen LogP contribution in [0.3, 0.4) is 0 Å². The standard InChI is InChI=1S/C16H21N2O7P/c1-9(2)13(19)17-6-7-18-14(20)11-10-3-4-16(25-10,12(11)15(18)21)5-8-26(22,23)24/h3-4,10,20-21H,1,5-8H2,2H3,(H,17,19)(H2,22,23,24). The number of ether oxygens (including phenoxy) is 1. The van der Waals surface area contributed by atoms with Crippen LogP contribution in [0.5, 0.6) is 11.8 Å². The Morgan fingerprint density at radius 3 is 2.73 bits per heavy atom. The van der Waals surface area contributed by atoms with E-state index in [9.17, 15) is 19.6 Å². The van der Waals surface area contributed by atoms with Gasteiger partial charge in [0.2, 0.25) is 17.7 Å². The van der Waals surface area contributed by atoms with Gasteiger partial charge in [0.15, 0.2) is 0 Å². The molecular formula is C16H21N2O7P. The minimum Gasteiger partial charge on any atom is -0.494 e. The van der Waals surface area contributed by atoms with E-state index in [2.05, 4.69) is 11.9 Å². The molecule has 5 N–H and O–H groups in total. The zero-order valence-electron chi connectivity index (χ0n) is 14.2. The lowest BCUT2D eigenvalue weighted by atomic mass is 9.88. The molecule has 9 nitrogen and oxygen atoms in total. The van der Waals surface area contributed by atoms with Crippen LogP contribution in [0.4, 0.5) is 0 Å². The van der Waals surface area contributed by atoms with Crippen molar-refractivity contribution in [2.75, 3.05) is 12.7 Å². The summed E-state index contributed by atoms with van der Waals surface area (Å²) in [5.41, 5.74) is -0.112. The number of hydrogen-bond acceptors (Lipinski definition) is 5. The van der Waals surface area contributed by atoms with Crippen LogP contribution in [-0.4, -0.2) is 43.2 Å². The Hall–Kier alpha value is -2.06. The van der Waals surface area contributed by atoms with Crippen molar-refractivity contribution in [2.45, 2.75) is 31.6 Å². The predicted molar refractivity (Wildman–Crippen MR) is 91.8 cm³/mol. The number of fused-ring (bicyclic) bond motifs is 5. The minimum absolute atomic E-state index is 0.0271. The molecule has 0 saturated carbocycles. The highest BCUT2D eigenvalue weighted by molar-refractivity contribution is 7.51. The third-order valence-corrected chi connectivity index (χ3v) is 5.42. The minimum atomic E-state index is -4.25. The van der Waals surface area contributed by atoms with E-state index < -0.39 is 25.5 Å². The van der Waals surface area contributed by atoms with Gasteiger partial charge in [0.05, 0.1) is 17.3 Å². The fraction of sp³-hybridized carbons (Fsp3) is 0.438. The molecule has 1 aromatic heterocycles. The summed E-state index contributed by atoms with van der Waals surface area (Å²) in [5, 5.41) is 23.7. The summed E-state index contributed by atoms with van der Waals surface area (Å²) in [6.45, 7) is 5.37. The molecule has 0 fully saturated rings. The molecule has 10 heteroatoms. The number of amides is 1. The van der Waals surface area contributed by atoms with Crippen molar-refractivity contribution in [3.8, 4) is 11.8 Å². The van der Waals surface area contributed by atoms with Crippen LogP contribution in [-0.2, 0) is 26.2 Å². The van der Waals surface area contributed by atoms with E-state index >= 15 is 0 Å². The summed E-state index contributed by atoms with van der Waals surface area (Å²) in [6.07, 6.45) is 2.32. The molecule has 2 atom stereocenters. The summed E-state index contributed by atoms with van der Waals surface area (Å²) < 4.78 is 18.3. The third kappa shape index (κ3) is 3.07. The van der Waals surface area contributed by atoms with Crippen LogP contribution < -0.4 is 5.32 Å². The van der Waals surface area contributed by atoms with E-state index in [1.54, 1.807) is 19.1 Å². The summed E-state index contributed by atoms with van der Waals surface area (Å²) in [6, 6.07) is 0. The Balaban J connectivity index is 1.84. The molecule has 2 bridgehead atoms. The van der Waals surface area contributed by atoms with Crippen LogP contribution in [0, 0.1) is 0 Å². The number of carbonyl (C=O) groups excluding carboxylic acids is 1. The summed E-state index contributed by atoms with van der Waals surface area (Å²) in [7, 11) is -4.25. The highest BCUT2D eigenvalue weighted by atomic mass is 31.2. The second-order valence-corrected chi connectivity index (χ2v) is 8.33. The van der Waals surface area contributed by atoms with Gasteiger partial charge in [-0.1, -0.05) is 12.7 Å². The van der Waals surface area contributed by atoms with E-state index in [4.69, 9.17) is 14.5 Å². The molecule has 3 heterocycles. The molecule has 2 aliphatic heterocycles. The van der Waals surface area contributed by atoms with Crippen molar-refractivity contribution >= 4 is 13.5 Å². The molecule has 2 aliphatic rings. The normalized spacial score (nSPS) is 23.3. The molecule has 26 heavy (non-hydrogen) atoms. The summed E-state index contributed by atoms with van der Waals surface area (Å²) >= 11 is 0. The second kappa shape index (κ2) is 6.28. The molecule has 2 unspecified atom stereocenters. The zero-order valence-corrected chi connectivity index (χ0v) is 15.1. The molecule has 142 valence electrons. The number of nitrogens with one attached hydrogen (secondary N) is 1. The molecule has 3 rings (SSSR count). The van der Waals surface area contributed by atoms with Crippen LogP contribution in [0.25, 0.3) is 0 Å². The Morgan fingerprint density at radius 2 is 2.12 bits per heavy atom. The van der Waals surface area contributed by atoms with Crippen LogP contribution in [0.2, 0.25) is 0 Å². The second-order valence-electron chi connectivity index (χ2n) is 6.55. The van der Waals surface area contributed by atoms with Crippen LogP contribution in [0.15, 0.2) is 24.3 Å². The maximum Gasteiger partial charge on any atom is 0.325 e. The van der Waals surface area contributed by atoms with Gasteiger partial charge in [-0.05, 0) is 19.4 Å². The van der Waals surface area contributed by atoms with Gasteiger partial charge < -0.3 is 30.1 Å². The monoisotopic (exact) mass is 384 g/mol. The first kappa shape index (κ1) is 18.7. The van der Waals surface area contributed by atoms with Gasteiger partial charge in [-0.25, -0.2) is 0 Å². The van der Waals surface area contributed by atoms with E-state index in [-0.39, 0.29) is 37.2 Å². The Morgan fingerprint density at radius 1 is 1.42 bits per heavy atom. The number of hydrogen-bond donors (Lipinski definition) is 5. The third-order valence-electron chi connectivity index (χ3n) is 4.61. The Bertz CT molecular complexity index is 853. The van der Waals surface area contributed by atoms with Gasteiger partial charge in [-0.3, -0.25) is 13.9 Å². The highest BCUT2D eigenvalue weighted by Crippen LogP contribution is 2.60. The van der Waals surface area contributed by atoms with Gasteiger partial charge in [0, 0.05) is 18.7 Å². The van der Waals surface area contributed by atoms with Crippen molar-refractivity contribution in [3.05, 3.63) is 35.4 Å². The first-order chi connectivity index (χ1) is 12.1. The van der Waals surface area contributed by atoms with Gasteiger partial charge in [0.1, 0.15) is 11.7 Å². The lowest BCUT2D eigenvalue weighted by molar-refractivity contribution is -0.117. The topological polar surface area (TPSA) is 141 Å². The van der Waals surface area contributed by atoms with Gasteiger partial charge in [0.25, 0.3) is 0 Å². The molecule has 0 saturated heterocycles. The molecular weight excluding hydrogens is 363 g/mol. The summed E-state index contributed by atoms with van der Waals surface area (Å²) in [4.78, 5) is 29.9. The van der Waals surface area contributed by atoms with Gasteiger partial charge in [-0.2, -0.15) is 0 Å². The van der Waals surface area contributed by atoms with Crippen molar-refractivity contribution in [1.29, 1.82) is 0 Å². The Labute approximate surface area is 149 Å². The van der Waals surface area contributed by atoms with Crippen molar-refractivity contribution in [3.63, 3.8) is 0 Å². The molecule has 1 amide bonds. The first-order valence-corrected chi connectivity index (χ1v) is 9.86. The van der Waals surface area contributed by atoms with Crippen molar-refractivity contribution in [2.24, 2.45) is 0 Å². The molecule has 0 aliphatic carbocycles.